The molecule has 108 valence electrons. The molecule has 0 aliphatic carbocycles. The molecular formula is C13H15FN2O3S. The minimum atomic E-state index is -0.723. The van der Waals surface area contributed by atoms with Crippen molar-refractivity contribution in [2.24, 2.45) is 0 Å². The SMILES string of the molecule is CC1CN(C(=O)c2cc([N+](=O)[O-])ccc2F)CC(C)S1. The zero-order chi connectivity index (χ0) is 14.9. The summed E-state index contributed by atoms with van der Waals surface area (Å²) >= 11 is 1.77. The van der Waals surface area contributed by atoms with Gasteiger partial charge in [-0.15, -0.1) is 0 Å². The van der Waals surface area contributed by atoms with Gasteiger partial charge in [0.25, 0.3) is 11.6 Å². The number of amides is 1. The highest BCUT2D eigenvalue weighted by Gasteiger charge is 2.28. The monoisotopic (exact) mass is 298 g/mol. The number of rotatable bonds is 2. The Kier molecular flexibility index (Phi) is 4.27. The maximum absolute atomic E-state index is 13.8. The van der Waals surface area contributed by atoms with Crippen LogP contribution in [-0.2, 0) is 0 Å². The van der Waals surface area contributed by atoms with Crippen molar-refractivity contribution in [1.82, 2.24) is 4.90 Å². The van der Waals surface area contributed by atoms with E-state index in [1.54, 1.807) is 16.7 Å². The van der Waals surface area contributed by atoms with Crippen molar-refractivity contribution in [3.63, 3.8) is 0 Å². The van der Waals surface area contributed by atoms with Gasteiger partial charge in [0, 0.05) is 35.7 Å². The van der Waals surface area contributed by atoms with Crippen LogP contribution in [0.25, 0.3) is 0 Å². The lowest BCUT2D eigenvalue weighted by molar-refractivity contribution is -0.384. The maximum Gasteiger partial charge on any atom is 0.270 e. The van der Waals surface area contributed by atoms with Crippen LogP contribution in [0.4, 0.5) is 10.1 Å². The summed E-state index contributed by atoms with van der Waals surface area (Å²) in [7, 11) is 0. The van der Waals surface area contributed by atoms with E-state index in [4.69, 9.17) is 0 Å². The van der Waals surface area contributed by atoms with Crippen molar-refractivity contribution < 1.29 is 14.1 Å². The Balaban J connectivity index is 2.28. The van der Waals surface area contributed by atoms with E-state index >= 15 is 0 Å². The van der Waals surface area contributed by atoms with Gasteiger partial charge in [0.2, 0.25) is 0 Å². The molecule has 1 aromatic rings. The molecule has 20 heavy (non-hydrogen) atoms. The lowest BCUT2D eigenvalue weighted by Gasteiger charge is -2.34. The van der Waals surface area contributed by atoms with E-state index in [0.717, 1.165) is 18.2 Å². The van der Waals surface area contributed by atoms with Crippen LogP contribution >= 0.6 is 11.8 Å². The average molecular weight is 298 g/mol. The standard InChI is InChI=1S/C13H15FN2O3S/c1-8-6-15(7-9(2)20-8)13(17)11-5-10(16(18)19)3-4-12(11)14/h3-5,8-9H,6-7H2,1-2H3. The van der Waals surface area contributed by atoms with Gasteiger partial charge in [-0.3, -0.25) is 14.9 Å². The van der Waals surface area contributed by atoms with Gasteiger partial charge in [-0.25, -0.2) is 4.39 Å². The molecule has 1 amide bonds. The van der Waals surface area contributed by atoms with Crippen LogP contribution in [0.3, 0.4) is 0 Å². The number of hydrogen-bond donors (Lipinski definition) is 0. The molecule has 2 unspecified atom stereocenters. The zero-order valence-electron chi connectivity index (χ0n) is 11.2. The predicted octanol–water partition coefficient (Wildman–Crippen LogP) is 2.70. The maximum atomic E-state index is 13.8. The van der Waals surface area contributed by atoms with E-state index < -0.39 is 16.6 Å². The van der Waals surface area contributed by atoms with Crippen LogP contribution in [0.5, 0.6) is 0 Å². The summed E-state index contributed by atoms with van der Waals surface area (Å²) in [5, 5.41) is 11.3. The van der Waals surface area contributed by atoms with E-state index in [1.165, 1.54) is 0 Å². The van der Waals surface area contributed by atoms with E-state index in [2.05, 4.69) is 0 Å². The van der Waals surface area contributed by atoms with E-state index in [9.17, 15) is 19.3 Å². The van der Waals surface area contributed by atoms with Crippen molar-refractivity contribution >= 4 is 23.4 Å². The fraction of sp³-hybridized carbons (Fsp3) is 0.462. The Morgan fingerprint density at radius 1 is 1.40 bits per heavy atom. The third-order valence-corrected chi connectivity index (χ3v) is 4.33. The molecule has 7 heteroatoms. The first-order chi connectivity index (χ1) is 9.38. The Morgan fingerprint density at radius 2 is 2.00 bits per heavy atom. The molecule has 0 N–H and O–H groups in total. The number of carbonyl (C=O) groups excluding carboxylic acids is 1. The van der Waals surface area contributed by atoms with Gasteiger partial charge in [-0.1, -0.05) is 13.8 Å². The van der Waals surface area contributed by atoms with Gasteiger partial charge in [-0.05, 0) is 6.07 Å². The van der Waals surface area contributed by atoms with Crippen molar-refractivity contribution in [2.75, 3.05) is 13.1 Å². The number of thioether (sulfide) groups is 1. The Bertz CT molecular complexity index is 542. The summed E-state index contributed by atoms with van der Waals surface area (Å²) in [4.78, 5) is 24.0. The lowest BCUT2D eigenvalue weighted by Crippen LogP contribution is -2.44. The molecule has 0 radical (unpaired) electrons. The molecule has 1 aliphatic heterocycles. The summed E-state index contributed by atoms with van der Waals surface area (Å²) in [5.74, 6) is -1.20. The quantitative estimate of drug-likeness (QED) is 0.622. The van der Waals surface area contributed by atoms with Crippen molar-refractivity contribution in [2.45, 2.75) is 24.3 Å². The molecule has 1 aromatic carbocycles. The van der Waals surface area contributed by atoms with Crippen LogP contribution in [0.1, 0.15) is 24.2 Å². The van der Waals surface area contributed by atoms with Gasteiger partial charge in [-0.2, -0.15) is 11.8 Å². The molecule has 0 aromatic heterocycles. The molecule has 0 spiro atoms. The lowest BCUT2D eigenvalue weighted by atomic mass is 10.1. The third-order valence-electron chi connectivity index (χ3n) is 3.10. The summed E-state index contributed by atoms with van der Waals surface area (Å²) in [6.45, 7) is 5.06. The van der Waals surface area contributed by atoms with Crippen molar-refractivity contribution in [1.29, 1.82) is 0 Å². The van der Waals surface area contributed by atoms with Crippen LogP contribution in [0.2, 0.25) is 0 Å². The highest BCUT2D eigenvalue weighted by atomic mass is 32.2. The first-order valence-electron chi connectivity index (χ1n) is 6.27. The number of benzene rings is 1. The van der Waals surface area contributed by atoms with E-state index in [0.29, 0.717) is 13.1 Å². The molecule has 1 aliphatic rings. The Labute approximate surface area is 120 Å². The van der Waals surface area contributed by atoms with Gasteiger partial charge in [0.05, 0.1) is 10.5 Å². The van der Waals surface area contributed by atoms with Crippen LogP contribution in [0, 0.1) is 15.9 Å². The predicted molar refractivity (Wildman–Crippen MR) is 75.5 cm³/mol. The number of nitro benzene ring substituents is 1. The molecule has 0 bridgehead atoms. The van der Waals surface area contributed by atoms with Crippen molar-refractivity contribution in [3.05, 3.63) is 39.7 Å². The largest absolute Gasteiger partial charge is 0.336 e. The van der Waals surface area contributed by atoms with Gasteiger partial charge < -0.3 is 4.90 Å². The second-order valence-corrected chi connectivity index (χ2v) is 6.77. The van der Waals surface area contributed by atoms with Crippen LogP contribution in [-0.4, -0.2) is 39.3 Å². The molecule has 0 saturated carbocycles. The van der Waals surface area contributed by atoms with Gasteiger partial charge in [0.15, 0.2) is 0 Å². The zero-order valence-corrected chi connectivity index (χ0v) is 12.0. The molecule has 2 atom stereocenters. The number of carbonyl (C=O) groups is 1. The van der Waals surface area contributed by atoms with Crippen LogP contribution in [0.15, 0.2) is 18.2 Å². The molecule has 1 heterocycles. The number of nitro groups is 1. The average Bonchev–Trinajstić information content (AvgIpc) is 2.37. The third kappa shape index (κ3) is 3.09. The van der Waals surface area contributed by atoms with Gasteiger partial charge >= 0.3 is 0 Å². The summed E-state index contributed by atoms with van der Waals surface area (Å²) in [6, 6.07) is 3.04. The fourth-order valence-electron chi connectivity index (χ4n) is 2.30. The Hall–Kier alpha value is -1.63. The molecule has 1 saturated heterocycles. The normalized spacial score (nSPS) is 22.6. The first-order valence-corrected chi connectivity index (χ1v) is 7.21. The molecular weight excluding hydrogens is 283 g/mol. The van der Waals surface area contributed by atoms with Crippen molar-refractivity contribution in [3.8, 4) is 0 Å². The van der Waals surface area contributed by atoms with E-state index in [-0.39, 0.29) is 21.8 Å². The second-order valence-electron chi connectivity index (χ2n) is 4.89. The second kappa shape index (κ2) is 5.78. The number of non-ortho nitro benzene ring substituents is 1. The summed E-state index contributed by atoms with van der Waals surface area (Å²) in [6.07, 6.45) is 0. The number of halogens is 1. The highest BCUT2D eigenvalue weighted by molar-refractivity contribution is 8.00. The smallest absolute Gasteiger partial charge is 0.270 e. The highest BCUT2D eigenvalue weighted by Crippen LogP contribution is 2.27. The number of nitrogens with zero attached hydrogens (tertiary/aromatic N) is 2. The Morgan fingerprint density at radius 3 is 2.55 bits per heavy atom. The van der Waals surface area contributed by atoms with Gasteiger partial charge in [0.1, 0.15) is 5.82 Å². The minimum absolute atomic E-state index is 0.231. The van der Waals surface area contributed by atoms with E-state index in [1.807, 2.05) is 13.8 Å². The number of hydrogen-bond acceptors (Lipinski definition) is 4. The molecule has 2 rings (SSSR count). The first kappa shape index (κ1) is 14.8. The molecule has 5 nitrogen and oxygen atoms in total. The summed E-state index contributed by atoms with van der Waals surface area (Å²) in [5.41, 5.74) is -0.507. The van der Waals surface area contributed by atoms with Crippen LogP contribution < -0.4 is 0 Å². The topological polar surface area (TPSA) is 63.5 Å². The molecule has 1 fully saturated rings. The summed E-state index contributed by atoms with van der Waals surface area (Å²) < 4.78 is 13.8. The fourth-order valence-corrected chi connectivity index (χ4v) is 3.63. The minimum Gasteiger partial charge on any atom is -0.336 e.